The Morgan fingerprint density at radius 3 is 2.50 bits per heavy atom. The van der Waals surface area contributed by atoms with Crippen molar-refractivity contribution in [3.8, 4) is 28.3 Å². The third kappa shape index (κ3) is 3.94. The number of hydrogen-bond acceptors (Lipinski definition) is 8. The lowest BCUT2D eigenvalue weighted by Crippen LogP contribution is -2.05. The fourth-order valence-corrected chi connectivity index (χ4v) is 5.50. The molecular formula is C23H18N4O2S3. The SMILES string of the molecule is COc1ccc2[nH]c(C)c(C(=O)CSc3nnc(-c4ccsc4)c(-c4ccsc4)n3)c2c1. The number of aryl methyl sites for hydroxylation is 1. The Balaban J connectivity index is 1.43. The van der Waals surface area contributed by atoms with Gasteiger partial charge in [-0.3, -0.25) is 4.79 Å². The van der Waals surface area contributed by atoms with Gasteiger partial charge in [-0.15, -0.1) is 10.2 Å². The summed E-state index contributed by atoms with van der Waals surface area (Å²) in [7, 11) is 1.62. The van der Waals surface area contributed by atoms with Crippen molar-refractivity contribution in [3.05, 3.63) is 63.1 Å². The third-order valence-corrected chi connectivity index (χ3v) is 7.27. The molecule has 0 saturated heterocycles. The first-order valence-corrected chi connectivity index (χ1v) is 12.6. The monoisotopic (exact) mass is 478 g/mol. The van der Waals surface area contributed by atoms with Gasteiger partial charge >= 0.3 is 0 Å². The molecule has 0 unspecified atom stereocenters. The van der Waals surface area contributed by atoms with E-state index in [1.54, 1.807) is 29.8 Å². The second-order valence-corrected chi connectivity index (χ2v) is 9.57. The standard InChI is InChI=1S/C23H18N4O2S3/c1-13-20(17-9-16(29-2)3-4-18(17)24-13)19(28)12-32-23-25-21(14-5-7-30-10-14)22(26-27-23)15-6-8-31-11-15/h3-11,24H,12H2,1-2H3. The van der Waals surface area contributed by atoms with Crippen LogP contribution in [0, 0.1) is 6.92 Å². The van der Waals surface area contributed by atoms with Crippen molar-refractivity contribution >= 4 is 51.1 Å². The quantitative estimate of drug-likeness (QED) is 0.225. The summed E-state index contributed by atoms with van der Waals surface area (Å²) in [4.78, 5) is 21.2. The molecule has 0 bridgehead atoms. The van der Waals surface area contributed by atoms with E-state index in [-0.39, 0.29) is 11.5 Å². The lowest BCUT2D eigenvalue weighted by Gasteiger charge is -2.07. The number of ether oxygens (including phenoxy) is 1. The molecule has 0 atom stereocenters. The van der Waals surface area contributed by atoms with Crippen LogP contribution in [0.15, 0.2) is 57.0 Å². The topological polar surface area (TPSA) is 80.8 Å². The van der Waals surface area contributed by atoms with Crippen LogP contribution in [0.5, 0.6) is 5.75 Å². The fourth-order valence-electron chi connectivity index (χ4n) is 3.56. The van der Waals surface area contributed by atoms with E-state index in [2.05, 4.69) is 15.2 Å². The number of Topliss-reactive ketones (excluding diaryl/α,β-unsaturated/α-hetero) is 1. The van der Waals surface area contributed by atoms with E-state index >= 15 is 0 Å². The maximum Gasteiger partial charge on any atom is 0.210 e. The van der Waals surface area contributed by atoms with E-state index < -0.39 is 0 Å². The number of benzene rings is 1. The molecule has 1 N–H and O–H groups in total. The third-order valence-electron chi connectivity index (χ3n) is 5.06. The van der Waals surface area contributed by atoms with Crippen LogP contribution < -0.4 is 4.74 Å². The summed E-state index contributed by atoms with van der Waals surface area (Å²) >= 11 is 4.51. The lowest BCUT2D eigenvalue weighted by molar-refractivity contribution is 0.102. The summed E-state index contributed by atoms with van der Waals surface area (Å²) in [5.41, 5.74) is 5.94. The Morgan fingerprint density at radius 2 is 1.81 bits per heavy atom. The van der Waals surface area contributed by atoms with Crippen LogP contribution in [-0.2, 0) is 0 Å². The highest BCUT2D eigenvalue weighted by Crippen LogP contribution is 2.33. The van der Waals surface area contributed by atoms with E-state index in [1.807, 2.05) is 58.8 Å². The van der Waals surface area contributed by atoms with Crippen molar-refractivity contribution < 1.29 is 9.53 Å². The van der Waals surface area contributed by atoms with Crippen LogP contribution in [0.3, 0.4) is 0 Å². The zero-order chi connectivity index (χ0) is 22.1. The van der Waals surface area contributed by atoms with Crippen molar-refractivity contribution in [1.82, 2.24) is 20.2 Å². The minimum Gasteiger partial charge on any atom is -0.497 e. The number of rotatable bonds is 7. The van der Waals surface area contributed by atoms with Crippen molar-refractivity contribution in [2.75, 3.05) is 12.9 Å². The Labute approximate surface area is 196 Å². The van der Waals surface area contributed by atoms with Crippen LogP contribution in [-0.4, -0.2) is 38.8 Å². The van der Waals surface area contributed by atoms with E-state index in [0.29, 0.717) is 10.7 Å². The largest absolute Gasteiger partial charge is 0.497 e. The summed E-state index contributed by atoms with van der Waals surface area (Å²) in [6.45, 7) is 1.91. The number of hydrogen-bond donors (Lipinski definition) is 1. The summed E-state index contributed by atoms with van der Waals surface area (Å²) in [5, 5.41) is 18.2. The van der Waals surface area contributed by atoms with Gasteiger partial charge in [-0.1, -0.05) is 11.8 Å². The number of carbonyl (C=O) groups excluding carboxylic acids is 1. The molecule has 9 heteroatoms. The number of fused-ring (bicyclic) bond motifs is 1. The number of thioether (sulfide) groups is 1. The van der Waals surface area contributed by atoms with E-state index in [0.717, 1.165) is 44.9 Å². The molecule has 0 aliphatic rings. The zero-order valence-corrected chi connectivity index (χ0v) is 19.7. The van der Waals surface area contributed by atoms with Gasteiger partial charge < -0.3 is 9.72 Å². The molecule has 4 aromatic heterocycles. The van der Waals surface area contributed by atoms with Gasteiger partial charge in [0.1, 0.15) is 17.1 Å². The highest BCUT2D eigenvalue weighted by Gasteiger charge is 2.19. The number of aromatic nitrogens is 4. The molecule has 6 nitrogen and oxygen atoms in total. The van der Waals surface area contributed by atoms with E-state index in [1.165, 1.54) is 11.8 Å². The minimum absolute atomic E-state index is 0.00889. The number of nitrogens with one attached hydrogen (secondary N) is 1. The first kappa shape index (κ1) is 20.9. The van der Waals surface area contributed by atoms with Gasteiger partial charge in [-0.05, 0) is 48.0 Å². The van der Waals surface area contributed by atoms with E-state index in [9.17, 15) is 4.79 Å². The Morgan fingerprint density at radius 1 is 1.06 bits per heavy atom. The lowest BCUT2D eigenvalue weighted by atomic mass is 10.1. The van der Waals surface area contributed by atoms with Crippen LogP contribution >= 0.6 is 34.4 Å². The predicted octanol–water partition coefficient (Wildman–Crippen LogP) is 6.10. The second-order valence-electron chi connectivity index (χ2n) is 7.06. The van der Waals surface area contributed by atoms with Gasteiger partial charge in [0.15, 0.2) is 5.78 Å². The van der Waals surface area contributed by atoms with Crippen molar-refractivity contribution in [1.29, 1.82) is 0 Å². The van der Waals surface area contributed by atoms with Gasteiger partial charge in [-0.2, -0.15) is 22.7 Å². The van der Waals surface area contributed by atoms with Crippen LogP contribution in [0.4, 0.5) is 0 Å². The predicted molar refractivity (Wildman–Crippen MR) is 131 cm³/mol. The average Bonchev–Trinajstić information content (AvgIpc) is 3.57. The summed E-state index contributed by atoms with van der Waals surface area (Å²) in [5.74, 6) is 0.942. The first-order valence-electron chi connectivity index (χ1n) is 9.76. The molecule has 5 aromatic rings. The zero-order valence-electron chi connectivity index (χ0n) is 17.3. The first-order chi connectivity index (χ1) is 15.6. The molecule has 0 fully saturated rings. The van der Waals surface area contributed by atoms with Crippen LogP contribution in [0.1, 0.15) is 16.1 Å². The van der Waals surface area contributed by atoms with E-state index in [4.69, 9.17) is 9.72 Å². The highest BCUT2D eigenvalue weighted by atomic mass is 32.2. The molecule has 4 heterocycles. The normalized spacial score (nSPS) is 11.2. The number of H-pyrrole nitrogens is 1. The van der Waals surface area contributed by atoms with Crippen LogP contribution in [0.2, 0.25) is 0 Å². The number of methoxy groups -OCH3 is 1. The van der Waals surface area contributed by atoms with Gasteiger partial charge in [0.05, 0.1) is 12.9 Å². The van der Waals surface area contributed by atoms with Gasteiger partial charge in [0.2, 0.25) is 5.16 Å². The molecule has 160 valence electrons. The molecule has 32 heavy (non-hydrogen) atoms. The summed E-state index contributed by atoms with van der Waals surface area (Å²) in [6.07, 6.45) is 0. The van der Waals surface area contributed by atoms with Crippen LogP contribution in [0.25, 0.3) is 33.4 Å². The molecule has 0 amide bonds. The van der Waals surface area contributed by atoms with Crippen molar-refractivity contribution in [2.24, 2.45) is 0 Å². The number of thiophene rings is 2. The number of aromatic amines is 1. The summed E-state index contributed by atoms with van der Waals surface area (Å²) in [6, 6.07) is 9.72. The van der Waals surface area contributed by atoms with Gasteiger partial charge in [0, 0.05) is 44.0 Å². The maximum atomic E-state index is 13.1. The van der Waals surface area contributed by atoms with Gasteiger partial charge in [0.25, 0.3) is 0 Å². The molecule has 1 aromatic carbocycles. The minimum atomic E-state index is 0.00889. The Bertz CT molecular complexity index is 1390. The van der Waals surface area contributed by atoms with Crippen molar-refractivity contribution in [3.63, 3.8) is 0 Å². The van der Waals surface area contributed by atoms with Gasteiger partial charge in [-0.25, -0.2) is 4.98 Å². The average molecular weight is 479 g/mol. The molecule has 0 radical (unpaired) electrons. The molecule has 0 aliphatic carbocycles. The molecule has 0 spiro atoms. The Hall–Kier alpha value is -3.01. The van der Waals surface area contributed by atoms with Crippen molar-refractivity contribution in [2.45, 2.75) is 12.1 Å². The molecule has 0 aliphatic heterocycles. The molecule has 0 saturated carbocycles. The maximum absolute atomic E-state index is 13.1. The molecular weight excluding hydrogens is 460 g/mol. The Kier molecular flexibility index (Phi) is 5.77. The summed E-state index contributed by atoms with van der Waals surface area (Å²) < 4.78 is 5.33. The highest BCUT2D eigenvalue weighted by molar-refractivity contribution is 7.99. The second kappa shape index (κ2) is 8.85. The smallest absolute Gasteiger partial charge is 0.210 e. The molecule has 5 rings (SSSR count). The number of carbonyl (C=O) groups is 1. The number of ketones is 1. The number of nitrogens with zero attached hydrogens (tertiary/aromatic N) is 3. The fraction of sp³-hybridized carbons (Fsp3) is 0.130.